The van der Waals surface area contributed by atoms with E-state index < -0.39 is 12.1 Å². The third-order valence-electron chi connectivity index (χ3n) is 3.60. The van der Waals surface area contributed by atoms with Crippen molar-refractivity contribution in [2.75, 3.05) is 25.0 Å². The number of carbonyl (C=O) groups is 2. The van der Waals surface area contributed by atoms with Crippen LogP contribution < -0.4 is 5.32 Å². The van der Waals surface area contributed by atoms with Crippen molar-refractivity contribution in [2.45, 2.75) is 26.4 Å². The van der Waals surface area contributed by atoms with Gasteiger partial charge in [0.15, 0.2) is 6.10 Å². The molecular weight excluding hydrogens is 272 g/mol. The molecule has 0 aliphatic carbocycles. The summed E-state index contributed by atoms with van der Waals surface area (Å²) < 4.78 is 5.12. The molecule has 1 aliphatic rings. The molecule has 21 heavy (non-hydrogen) atoms. The number of hydrogen-bond donors (Lipinski definition) is 2. The lowest BCUT2D eigenvalue weighted by Crippen LogP contribution is -2.50. The van der Waals surface area contributed by atoms with Crippen LogP contribution in [0.2, 0.25) is 0 Å². The van der Waals surface area contributed by atoms with Gasteiger partial charge in [-0.2, -0.15) is 0 Å². The molecule has 6 heteroatoms. The zero-order valence-corrected chi connectivity index (χ0v) is 12.3. The van der Waals surface area contributed by atoms with Crippen molar-refractivity contribution in [1.29, 1.82) is 0 Å². The fourth-order valence-corrected chi connectivity index (χ4v) is 2.37. The van der Waals surface area contributed by atoms with E-state index in [9.17, 15) is 9.59 Å². The second kappa shape index (κ2) is 6.58. The Balaban J connectivity index is 2.09. The van der Waals surface area contributed by atoms with Gasteiger partial charge in [0.2, 0.25) is 0 Å². The van der Waals surface area contributed by atoms with E-state index in [0.29, 0.717) is 6.54 Å². The molecule has 1 fully saturated rings. The van der Waals surface area contributed by atoms with Gasteiger partial charge in [-0.15, -0.1) is 0 Å². The molecule has 0 saturated carbocycles. The van der Waals surface area contributed by atoms with Crippen molar-refractivity contribution < 1.29 is 19.4 Å². The Morgan fingerprint density at radius 3 is 2.90 bits per heavy atom. The maximum absolute atomic E-state index is 12.3. The lowest BCUT2D eigenvalue weighted by molar-refractivity contribution is -0.154. The predicted octanol–water partition coefficient (Wildman–Crippen LogP) is 1.87. The first kappa shape index (κ1) is 15.3. The topological polar surface area (TPSA) is 78.9 Å². The smallest absolute Gasteiger partial charge is 0.334 e. The maximum atomic E-state index is 12.3. The number of carboxylic acids is 1. The molecule has 0 radical (unpaired) electrons. The van der Waals surface area contributed by atoms with Crippen LogP contribution in [0.5, 0.6) is 0 Å². The SMILES string of the molecule is CCc1cccc(C)c1NC(=O)N1CCOC(C(=O)O)C1. The number of carboxylic acid groups (broad SMARTS) is 1. The standard InChI is InChI=1S/C15H20N2O4/c1-3-11-6-4-5-10(2)13(11)16-15(20)17-7-8-21-12(9-17)14(18)19/h4-6,12H,3,7-9H2,1-2H3,(H,16,20)(H,18,19). The first-order chi connectivity index (χ1) is 10.0. The van der Waals surface area contributed by atoms with Gasteiger partial charge in [0.1, 0.15) is 0 Å². The molecule has 2 amide bonds. The molecule has 6 nitrogen and oxygen atoms in total. The molecule has 1 aromatic rings. The molecule has 1 heterocycles. The summed E-state index contributed by atoms with van der Waals surface area (Å²) >= 11 is 0. The quantitative estimate of drug-likeness (QED) is 0.891. The third kappa shape index (κ3) is 3.52. The lowest BCUT2D eigenvalue weighted by Gasteiger charge is -2.31. The number of rotatable bonds is 3. The lowest BCUT2D eigenvalue weighted by atomic mass is 10.1. The van der Waals surface area contributed by atoms with Crippen LogP contribution in [0.1, 0.15) is 18.1 Å². The van der Waals surface area contributed by atoms with Gasteiger partial charge in [-0.25, -0.2) is 9.59 Å². The number of ether oxygens (including phenoxy) is 1. The predicted molar refractivity (Wildman–Crippen MR) is 78.5 cm³/mol. The largest absolute Gasteiger partial charge is 0.479 e. The number of carbonyl (C=O) groups excluding carboxylic acids is 1. The van der Waals surface area contributed by atoms with E-state index in [4.69, 9.17) is 9.84 Å². The summed E-state index contributed by atoms with van der Waals surface area (Å²) in [5.41, 5.74) is 2.86. The molecule has 1 unspecified atom stereocenters. The van der Waals surface area contributed by atoms with Crippen molar-refractivity contribution >= 4 is 17.7 Å². The molecule has 114 valence electrons. The highest BCUT2D eigenvalue weighted by molar-refractivity contribution is 5.91. The summed E-state index contributed by atoms with van der Waals surface area (Å²) in [7, 11) is 0. The van der Waals surface area contributed by atoms with Gasteiger partial charge in [-0.1, -0.05) is 25.1 Å². The van der Waals surface area contributed by atoms with Crippen LogP contribution in [0.15, 0.2) is 18.2 Å². The number of morpholine rings is 1. The summed E-state index contributed by atoms with van der Waals surface area (Å²) in [5, 5.41) is 11.9. The van der Waals surface area contributed by atoms with Crippen molar-refractivity contribution in [1.82, 2.24) is 4.90 Å². The van der Waals surface area contributed by atoms with Crippen molar-refractivity contribution in [3.8, 4) is 0 Å². The second-order valence-electron chi connectivity index (χ2n) is 5.04. The van der Waals surface area contributed by atoms with Gasteiger partial charge in [0.25, 0.3) is 0 Å². The Bertz CT molecular complexity index is 544. The number of para-hydroxylation sites is 1. The van der Waals surface area contributed by atoms with E-state index in [2.05, 4.69) is 5.32 Å². The van der Waals surface area contributed by atoms with Crippen molar-refractivity contribution in [3.63, 3.8) is 0 Å². The number of hydrogen-bond acceptors (Lipinski definition) is 3. The molecule has 2 N–H and O–H groups in total. The van der Waals surface area contributed by atoms with E-state index in [-0.39, 0.29) is 19.2 Å². The highest BCUT2D eigenvalue weighted by Crippen LogP contribution is 2.21. The minimum absolute atomic E-state index is 0.0640. The van der Waals surface area contributed by atoms with Crippen LogP contribution in [0.4, 0.5) is 10.5 Å². The average Bonchev–Trinajstić information content (AvgIpc) is 2.49. The molecule has 1 aromatic carbocycles. The Kier molecular flexibility index (Phi) is 4.80. The average molecular weight is 292 g/mol. The molecule has 1 aliphatic heterocycles. The minimum atomic E-state index is -1.04. The van der Waals surface area contributed by atoms with Gasteiger partial charge in [-0.3, -0.25) is 0 Å². The van der Waals surface area contributed by atoms with E-state index in [1.54, 1.807) is 0 Å². The van der Waals surface area contributed by atoms with Gasteiger partial charge >= 0.3 is 12.0 Å². The molecule has 0 spiro atoms. The van der Waals surface area contributed by atoms with Crippen LogP contribution in [-0.2, 0) is 16.0 Å². The van der Waals surface area contributed by atoms with Crippen molar-refractivity contribution in [2.24, 2.45) is 0 Å². The number of anilines is 1. The van der Waals surface area contributed by atoms with Crippen LogP contribution in [0.3, 0.4) is 0 Å². The maximum Gasteiger partial charge on any atom is 0.334 e. The second-order valence-corrected chi connectivity index (χ2v) is 5.04. The minimum Gasteiger partial charge on any atom is -0.479 e. The summed E-state index contributed by atoms with van der Waals surface area (Å²) in [4.78, 5) is 24.8. The fraction of sp³-hybridized carbons (Fsp3) is 0.467. The van der Waals surface area contributed by atoms with Crippen LogP contribution in [0, 0.1) is 6.92 Å². The van der Waals surface area contributed by atoms with Gasteiger partial charge in [-0.05, 0) is 24.5 Å². The van der Waals surface area contributed by atoms with E-state index in [1.807, 2.05) is 32.0 Å². The van der Waals surface area contributed by atoms with Gasteiger partial charge in [0, 0.05) is 12.2 Å². The Morgan fingerprint density at radius 1 is 1.48 bits per heavy atom. The van der Waals surface area contributed by atoms with Crippen LogP contribution in [0.25, 0.3) is 0 Å². The number of benzene rings is 1. The van der Waals surface area contributed by atoms with E-state index in [1.165, 1.54) is 4.90 Å². The fourth-order valence-electron chi connectivity index (χ4n) is 2.37. The summed E-state index contributed by atoms with van der Waals surface area (Å²) in [6.45, 7) is 4.66. The molecule has 2 rings (SSSR count). The monoisotopic (exact) mass is 292 g/mol. The number of urea groups is 1. The Hall–Kier alpha value is -2.08. The number of aliphatic carboxylic acids is 1. The Labute approximate surface area is 123 Å². The summed E-state index contributed by atoms with van der Waals surface area (Å²) in [6, 6.07) is 5.59. The number of nitrogens with one attached hydrogen (secondary N) is 1. The number of nitrogens with zero attached hydrogens (tertiary/aromatic N) is 1. The molecule has 1 atom stereocenters. The zero-order chi connectivity index (χ0) is 15.4. The highest BCUT2D eigenvalue weighted by atomic mass is 16.5. The van der Waals surface area contributed by atoms with Gasteiger partial charge in [0.05, 0.1) is 13.2 Å². The molecule has 1 saturated heterocycles. The van der Waals surface area contributed by atoms with E-state index in [0.717, 1.165) is 23.2 Å². The molecule has 0 aromatic heterocycles. The normalized spacial score (nSPS) is 18.4. The zero-order valence-electron chi connectivity index (χ0n) is 12.3. The third-order valence-corrected chi connectivity index (χ3v) is 3.60. The summed E-state index contributed by atoms with van der Waals surface area (Å²) in [6.07, 6.45) is -0.134. The molecular formula is C15H20N2O4. The molecule has 0 bridgehead atoms. The van der Waals surface area contributed by atoms with E-state index >= 15 is 0 Å². The van der Waals surface area contributed by atoms with Crippen LogP contribution >= 0.6 is 0 Å². The van der Waals surface area contributed by atoms with Crippen molar-refractivity contribution in [3.05, 3.63) is 29.3 Å². The summed E-state index contributed by atoms with van der Waals surface area (Å²) in [5.74, 6) is -1.04. The number of aryl methyl sites for hydroxylation is 2. The van der Waals surface area contributed by atoms with Gasteiger partial charge < -0.3 is 20.1 Å². The number of amides is 2. The Morgan fingerprint density at radius 2 is 2.24 bits per heavy atom. The first-order valence-corrected chi connectivity index (χ1v) is 7.01. The first-order valence-electron chi connectivity index (χ1n) is 7.01. The highest BCUT2D eigenvalue weighted by Gasteiger charge is 2.29. The van der Waals surface area contributed by atoms with Crippen LogP contribution in [-0.4, -0.2) is 47.8 Å².